The summed E-state index contributed by atoms with van der Waals surface area (Å²) < 4.78 is 32.7. The van der Waals surface area contributed by atoms with E-state index in [9.17, 15) is 13.2 Å². The van der Waals surface area contributed by atoms with E-state index in [1.54, 1.807) is 40.3 Å². The van der Waals surface area contributed by atoms with Gasteiger partial charge in [0, 0.05) is 29.3 Å². The molecule has 0 atom stereocenters. The van der Waals surface area contributed by atoms with Gasteiger partial charge in [-0.15, -0.1) is 11.8 Å². The van der Waals surface area contributed by atoms with Crippen molar-refractivity contribution in [2.24, 2.45) is 0 Å². The summed E-state index contributed by atoms with van der Waals surface area (Å²) in [6, 6.07) is 24.3. The normalized spacial score (nSPS) is 14.4. The van der Waals surface area contributed by atoms with Gasteiger partial charge in [0.1, 0.15) is 12.4 Å². The monoisotopic (exact) mass is 510 g/mol. The molecule has 0 unspecified atom stereocenters. The van der Waals surface area contributed by atoms with E-state index in [1.165, 1.54) is 4.90 Å². The van der Waals surface area contributed by atoms with E-state index in [-0.39, 0.29) is 17.4 Å². The van der Waals surface area contributed by atoms with Crippen molar-refractivity contribution < 1.29 is 17.9 Å². The largest absolute Gasteiger partial charge is 0.492 e. The molecule has 0 bridgehead atoms. The number of sulfonamides is 1. The maximum Gasteiger partial charge on any atom is 0.251 e. The van der Waals surface area contributed by atoms with Gasteiger partial charge in [-0.1, -0.05) is 36.8 Å². The first-order valence-electron chi connectivity index (χ1n) is 11.8. The number of ether oxygens (including phenoxy) is 1. The molecule has 0 radical (unpaired) electrons. The summed E-state index contributed by atoms with van der Waals surface area (Å²) in [4.78, 5) is 13.9. The Bertz CT molecular complexity index is 1190. The zero-order chi connectivity index (χ0) is 24.5. The van der Waals surface area contributed by atoms with E-state index in [4.69, 9.17) is 4.74 Å². The Balaban J connectivity index is 1.19. The smallest absolute Gasteiger partial charge is 0.251 e. The topological polar surface area (TPSA) is 75.7 Å². The second kappa shape index (κ2) is 12.2. The van der Waals surface area contributed by atoms with Crippen LogP contribution in [0.4, 0.5) is 0 Å². The highest BCUT2D eigenvalue weighted by Gasteiger charge is 2.25. The molecule has 1 aliphatic heterocycles. The molecule has 1 saturated heterocycles. The van der Waals surface area contributed by atoms with Gasteiger partial charge in [-0.25, -0.2) is 8.42 Å². The Kier molecular flexibility index (Phi) is 8.84. The Hall–Kier alpha value is -2.81. The highest BCUT2D eigenvalue weighted by atomic mass is 32.2. The highest BCUT2D eigenvalue weighted by Crippen LogP contribution is 2.23. The minimum Gasteiger partial charge on any atom is -0.492 e. The van der Waals surface area contributed by atoms with Gasteiger partial charge < -0.3 is 10.1 Å². The molecule has 184 valence electrons. The molecule has 1 fully saturated rings. The molecule has 0 saturated carbocycles. The third kappa shape index (κ3) is 7.10. The number of thioether (sulfide) groups is 1. The fraction of sp³-hybridized carbons (Fsp3) is 0.296. The van der Waals surface area contributed by atoms with Crippen LogP contribution in [-0.2, 0) is 15.8 Å². The van der Waals surface area contributed by atoms with E-state index in [0.717, 1.165) is 30.6 Å². The minimum absolute atomic E-state index is 0.154. The number of amides is 1. The van der Waals surface area contributed by atoms with E-state index < -0.39 is 10.0 Å². The van der Waals surface area contributed by atoms with Crippen LogP contribution in [0.15, 0.2) is 88.7 Å². The van der Waals surface area contributed by atoms with Crippen molar-refractivity contribution in [1.82, 2.24) is 9.62 Å². The molecule has 3 aromatic carbocycles. The van der Waals surface area contributed by atoms with Crippen molar-refractivity contribution in [2.45, 2.75) is 34.8 Å². The predicted octanol–water partition coefficient (Wildman–Crippen LogP) is 4.96. The minimum atomic E-state index is -3.45. The lowest BCUT2D eigenvalue weighted by Gasteiger charge is -2.25. The first-order valence-corrected chi connectivity index (χ1v) is 14.2. The van der Waals surface area contributed by atoms with E-state index in [2.05, 4.69) is 17.4 Å². The lowest BCUT2D eigenvalue weighted by atomic mass is 10.1. The van der Waals surface area contributed by atoms with E-state index >= 15 is 0 Å². The zero-order valence-electron chi connectivity index (χ0n) is 19.6. The number of carbonyl (C=O) groups is 1. The van der Waals surface area contributed by atoms with Crippen molar-refractivity contribution >= 4 is 27.7 Å². The lowest BCUT2D eigenvalue weighted by molar-refractivity contribution is 0.0947. The van der Waals surface area contributed by atoms with E-state index in [1.807, 2.05) is 42.5 Å². The maximum absolute atomic E-state index is 12.7. The SMILES string of the molecule is O=C(NCCOc1ccc(S(=O)(=O)N2CCCCC2)cc1)c1ccc(CSc2ccccc2)cc1. The molecule has 35 heavy (non-hydrogen) atoms. The Morgan fingerprint density at radius 1 is 0.886 bits per heavy atom. The summed E-state index contributed by atoms with van der Waals surface area (Å²) in [6.07, 6.45) is 2.89. The Morgan fingerprint density at radius 2 is 1.57 bits per heavy atom. The predicted molar refractivity (Wildman–Crippen MR) is 139 cm³/mol. The average Bonchev–Trinajstić information content (AvgIpc) is 2.91. The zero-order valence-corrected chi connectivity index (χ0v) is 21.2. The molecule has 0 aliphatic carbocycles. The van der Waals surface area contributed by atoms with Gasteiger partial charge in [-0.3, -0.25) is 4.79 Å². The summed E-state index contributed by atoms with van der Waals surface area (Å²) in [7, 11) is -3.45. The first kappa shape index (κ1) is 25.3. The number of benzene rings is 3. The van der Waals surface area contributed by atoms with Gasteiger partial charge in [0.2, 0.25) is 10.0 Å². The molecule has 3 aromatic rings. The van der Waals surface area contributed by atoms with Crippen LogP contribution in [-0.4, -0.2) is 44.9 Å². The van der Waals surface area contributed by atoms with E-state index in [0.29, 0.717) is 30.9 Å². The van der Waals surface area contributed by atoms with Crippen molar-refractivity contribution in [3.05, 3.63) is 90.0 Å². The van der Waals surface area contributed by atoms with Crippen LogP contribution in [0, 0.1) is 0 Å². The van der Waals surface area contributed by atoms with Gasteiger partial charge in [-0.05, 0) is 66.9 Å². The number of nitrogens with zero attached hydrogens (tertiary/aromatic N) is 1. The number of hydrogen-bond acceptors (Lipinski definition) is 5. The van der Waals surface area contributed by atoms with Crippen LogP contribution < -0.4 is 10.1 Å². The summed E-state index contributed by atoms with van der Waals surface area (Å²) in [6.45, 7) is 1.79. The van der Waals surface area contributed by atoms with Gasteiger partial charge in [0.15, 0.2) is 0 Å². The van der Waals surface area contributed by atoms with Crippen molar-refractivity contribution in [3.8, 4) is 5.75 Å². The molecule has 1 heterocycles. The molecule has 8 heteroatoms. The first-order chi connectivity index (χ1) is 17.0. The van der Waals surface area contributed by atoms with Crippen LogP contribution >= 0.6 is 11.8 Å². The lowest BCUT2D eigenvalue weighted by Crippen LogP contribution is -2.35. The average molecular weight is 511 g/mol. The second-order valence-corrected chi connectivity index (χ2v) is 11.3. The molecule has 6 nitrogen and oxygen atoms in total. The standard InChI is InChI=1S/C27H30N2O4S2/c30-27(23-11-9-22(10-12-23)21-34-25-7-3-1-4-8-25)28-17-20-33-24-13-15-26(16-14-24)35(31,32)29-18-5-2-6-19-29/h1,3-4,7-16H,2,5-6,17-21H2,(H,28,30). The van der Waals surface area contributed by atoms with Crippen LogP contribution in [0.25, 0.3) is 0 Å². The number of rotatable bonds is 10. The number of nitrogens with one attached hydrogen (secondary N) is 1. The highest BCUT2D eigenvalue weighted by molar-refractivity contribution is 7.98. The van der Waals surface area contributed by atoms with Gasteiger partial charge in [0.25, 0.3) is 5.91 Å². The van der Waals surface area contributed by atoms with Gasteiger partial charge >= 0.3 is 0 Å². The summed E-state index contributed by atoms with van der Waals surface area (Å²) >= 11 is 1.76. The molecular weight excluding hydrogens is 480 g/mol. The Morgan fingerprint density at radius 3 is 2.26 bits per heavy atom. The molecule has 0 spiro atoms. The summed E-state index contributed by atoms with van der Waals surface area (Å²) in [5.41, 5.74) is 1.76. The summed E-state index contributed by atoms with van der Waals surface area (Å²) in [5, 5.41) is 2.85. The fourth-order valence-corrected chi connectivity index (χ4v) is 6.23. The maximum atomic E-state index is 12.7. The van der Waals surface area contributed by atoms with Crippen molar-refractivity contribution in [3.63, 3.8) is 0 Å². The van der Waals surface area contributed by atoms with Crippen LogP contribution in [0.5, 0.6) is 5.75 Å². The van der Waals surface area contributed by atoms with Gasteiger partial charge in [0.05, 0.1) is 11.4 Å². The molecular formula is C27H30N2O4S2. The van der Waals surface area contributed by atoms with Gasteiger partial charge in [-0.2, -0.15) is 4.31 Å². The molecule has 1 amide bonds. The molecule has 1 aliphatic rings. The van der Waals surface area contributed by atoms with Crippen LogP contribution in [0.1, 0.15) is 35.2 Å². The van der Waals surface area contributed by atoms with Crippen LogP contribution in [0.2, 0.25) is 0 Å². The number of piperidine rings is 1. The molecule has 0 aromatic heterocycles. The van der Waals surface area contributed by atoms with Crippen molar-refractivity contribution in [1.29, 1.82) is 0 Å². The third-order valence-corrected chi connectivity index (χ3v) is 8.79. The quantitative estimate of drug-likeness (QED) is 0.308. The molecule has 4 rings (SSSR count). The Labute approximate surface area is 211 Å². The second-order valence-electron chi connectivity index (χ2n) is 8.34. The van der Waals surface area contributed by atoms with Crippen LogP contribution in [0.3, 0.4) is 0 Å². The third-order valence-electron chi connectivity index (χ3n) is 5.80. The number of carbonyl (C=O) groups excluding carboxylic acids is 1. The number of hydrogen-bond donors (Lipinski definition) is 1. The fourth-order valence-electron chi connectivity index (χ4n) is 3.83. The summed E-state index contributed by atoms with van der Waals surface area (Å²) in [5.74, 6) is 1.26. The van der Waals surface area contributed by atoms with Crippen molar-refractivity contribution in [2.75, 3.05) is 26.2 Å². The molecule has 1 N–H and O–H groups in total.